The van der Waals surface area contributed by atoms with Crippen LogP contribution in [0.25, 0.3) is 93.2 Å². The Kier molecular flexibility index (Phi) is 7.54. The lowest BCUT2D eigenvalue weighted by molar-refractivity contribution is 0.669. The predicted molar refractivity (Wildman–Crippen MR) is 249 cm³/mol. The van der Waals surface area contributed by atoms with Crippen LogP contribution in [0.3, 0.4) is 0 Å². The van der Waals surface area contributed by atoms with E-state index in [-0.39, 0.29) is 0 Å². The highest BCUT2D eigenvalue weighted by Gasteiger charge is 2.20. The highest BCUT2D eigenvalue weighted by atomic mass is 16.3. The van der Waals surface area contributed by atoms with Crippen LogP contribution in [0.15, 0.2) is 223 Å². The Bertz CT molecular complexity index is 3520. The van der Waals surface area contributed by atoms with Gasteiger partial charge < -0.3 is 13.9 Å². The average molecular weight is 753 g/mol. The molecule has 0 saturated carbocycles. The number of furan rings is 1. The molecular formula is C56H36N2O. The average Bonchev–Trinajstić information content (AvgIpc) is 3.85. The van der Waals surface area contributed by atoms with E-state index in [1.165, 1.54) is 54.5 Å². The van der Waals surface area contributed by atoms with Gasteiger partial charge in [-0.05, 0) is 111 Å². The predicted octanol–water partition coefficient (Wildman–Crippen LogP) is 15.8. The van der Waals surface area contributed by atoms with E-state index < -0.39 is 0 Å². The van der Waals surface area contributed by atoms with Crippen LogP contribution < -0.4 is 4.90 Å². The van der Waals surface area contributed by atoms with Crippen molar-refractivity contribution in [3.63, 3.8) is 0 Å². The van der Waals surface area contributed by atoms with Gasteiger partial charge in [0.1, 0.15) is 11.2 Å². The van der Waals surface area contributed by atoms with Crippen molar-refractivity contribution in [2.45, 2.75) is 0 Å². The molecule has 0 aliphatic carbocycles. The van der Waals surface area contributed by atoms with Crippen molar-refractivity contribution in [2.75, 3.05) is 4.90 Å². The SMILES string of the molecule is c1cc(N(c2ccc(-c3cc4ccccc4c4ccccc34)cc2)c2ccccc2-c2ccc3c(c2)oc2ccccc23)cc(-n2c3ccccc3c3ccccc32)c1. The quantitative estimate of drug-likeness (QED) is 0.158. The van der Waals surface area contributed by atoms with Crippen molar-refractivity contribution in [1.29, 1.82) is 0 Å². The number of anilines is 3. The van der Waals surface area contributed by atoms with Crippen molar-refractivity contribution in [2.24, 2.45) is 0 Å². The lowest BCUT2D eigenvalue weighted by atomic mass is 9.93. The summed E-state index contributed by atoms with van der Waals surface area (Å²) in [6, 6.07) is 78.8. The molecule has 0 aliphatic heterocycles. The molecule has 12 rings (SSSR count). The number of rotatable bonds is 6. The minimum atomic E-state index is 0.880. The van der Waals surface area contributed by atoms with E-state index in [1.807, 2.05) is 12.1 Å². The van der Waals surface area contributed by atoms with Gasteiger partial charge in [0, 0.05) is 44.2 Å². The summed E-state index contributed by atoms with van der Waals surface area (Å²) in [5.41, 5.74) is 13.1. The maximum absolute atomic E-state index is 6.41. The Morgan fingerprint density at radius 1 is 0.339 bits per heavy atom. The number of hydrogen-bond donors (Lipinski definition) is 0. The van der Waals surface area contributed by atoms with Crippen LogP contribution >= 0.6 is 0 Å². The van der Waals surface area contributed by atoms with E-state index >= 15 is 0 Å². The molecule has 0 spiro atoms. The molecule has 2 aromatic heterocycles. The third-order valence-corrected chi connectivity index (χ3v) is 12.0. The molecule has 59 heavy (non-hydrogen) atoms. The minimum Gasteiger partial charge on any atom is -0.456 e. The van der Waals surface area contributed by atoms with Gasteiger partial charge in [0.15, 0.2) is 0 Å². The summed E-state index contributed by atoms with van der Waals surface area (Å²) in [5.74, 6) is 0. The van der Waals surface area contributed by atoms with Crippen LogP contribution in [0.4, 0.5) is 17.1 Å². The van der Waals surface area contributed by atoms with Gasteiger partial charge in [0.25, 0.3) is 0 Å². The lowest BCUT2D eigenvalue weighted by Crippen LogP contribution is -2.11. The Balaban J connectivity index is 1.05. The Labute approximate surface area is 341 Å². The zero-order valence-corrected chi connectivity index (χ0v) is 32.1. The fourth-order valence-corrected chi connectivity index (χ4v) is 9.29. The molecule has 0 bridgehead atoms. The lowest BCUT2D eigenvalue weighted by Gasteiger charge is -2.28. The third kappa shape index (κ3) is 5.36. The van der Waals surface area contributed by atoms with Crippen LogP contribution in [-0.4, -0.2) is 4.57 Å². The van der Waals surface area contributed by atoms with Crippen LogP contribution in [0.1, 0.15) is 0 Å². The molecule has 0 unspecified atom stereocenters. The number of hydrogen-bond acceptors (Lipinski definition) is 2. The van der Waals surface area contributed by atoms with E-state index in [9.17, 15) is 0 Å². The van der Waals surface area contributed by atoms with Gasteiger partial charge in [-0.3, -0.25) is 0 Å². The monoisotopic (exact) mass is 752 g/mol. The molecule has 0 amide bonds. The second-order valence-electron chi connectivity index (χ2n) is 15.3. The molecule has 0 radical (unpaired) electrons. The molecule has 3 nitrogen and oxygen atoms in total. The van der Waals surface area contributed by atoms with E-state index in [2.05, 4.69) is 216 Å². The molecule has 2 heterocycles. The van der Waals surface area contributed by atoms with Crippen LogP contribution in [0.5, 0.6) is 0 Å². The van der Waals surface area contributed by atoms with Gasteiger partial charge in [0.05, 0.1) is 16.7 Å². The molecule has 0 fully saturated rings. The largest absolute Gasteiger partial charge is 0.456 e. The second kappa shape index (κ2) is 13.4. The zero-order valence-electron chi connectivity index (χ0n) is 32.1. The van der Waals surface area contributed by atoms with Crippen LogP contribution in [0.2, 0.25) is 0 Å². The first kappa shape index (κ1) is 33.3. The molecule has 0 aliphatic rings. The fraction of sp³-hybridized carbons (Fsp3) is 0. The first-order valence-electron chi connectivity index (χ1n) is 20.2. The molecule has 0 N–H and O–H groups in total. The summed E-state index contributed by atoms with van der Waals surface area (Å²) in [5, 5.41) is 9.77. The highest BCUT2D eigenvalue weighted by molar-refractivity contribution is 6.14. The molecule has 0 saturated heterocycles. The first-order chi connectivity index (χ1) is 29.3. The standard InChI is InChI=1S/C56H36N2O/c1-2-17-43-38(14-1)34-51(46-20-4-3-19-45(43)46)37-28-31-40(32-29-37)57(41-15-13-16-42(36-41)58-53-25-10-6-21-47(53)48-22-7-11-26-54(48)58)52-24-9-5-18-44(52)39-30-33-50-49-23-8-12-27-55(49)59-56(50)35-39/h1-36H. The van der Waals surface area contributed by atoms with Crippen molar-refractivity contribution in [3.05, 3.63) is 218 Å². The highest BCUT2D eigenvalue weighted by Crippen LogP contribution is 2.44. The van der Waals surface area contributed by atoms with Crippen LogP contribution in [0, 0.1) is 0 Å². The Morgan fingerprint density at radius 3 is 1.75 bits per heavy atom. The number of nitrogens with zero attached hydrogens (tertiary/aromatic N) is 2. The Morgan fingerprint density at radius 2 is 0.949 bits per heavy atom. The maximum Gasteiger partial charge on any atom is 0.136 e. The molecular weight excluding hydrogens is 717 g/mol. The summed E-state index contributed by atoms with van der Waals surface area (Å²) in [6.07, 6.45) is 0. The summed E-state index contributed by atoms with van der Waals surface area (Å²) < 4.78 is 8.80. The fourth-order valence-electron chi connectivity index (χ4n) is 9.29. The second-order valence-corrected chi connectivity index (χ2v) is 15.3. The van der Waals surface area contributed by atoms with Gasteiger partial charge in [-0.15, -0.1) is 0 Å². The number of aromatic nitrogens is 1. The number of fused-ring (bicyclic) bond motifs is 9. The van der Waals surface area contributed by atoms with Gasteiger partial charge in [0.2, 0.25) is 0 Å². The number of para-hydroxylation sites is 4. The summed E-state index contributed by atoms with van der Waals surface area (Å²) in [6.45, 7) is 0. The zero-order chi connectivity index (χ0) is 38.9. The van der Waals surface area contributed by atoms with E-state index in [4.69, 9.17) is 4.42 Å². The van der Waals surface area contributed by atoms with Crippen molar-refractivity contribution in [1.82, 2.24) is 4.57 Å². The first-order valence-corrected chi connectivity index (χ1v) is 20.2. The van der Waals surface area contributed by atoms with Crippen molar-refractivity contribution in [3.8, 4) is 27.9 Å². The smallest absolute Gasteiger partial charge is 0.136 e. The molecule has 276 valence electrons. The number of benzene rings is 10. The molecule has 12 aromatic rings. The van der Waals surface area contributed by atoms with Crippen molar-refractivity contribution >= 4 is 82.4 Å². The van der Waals surface area contributed by atoms with Gasteiger partial charge >= 0.3 is 0 Å². The van der Waals surface area contributed by atoms with E-state index in [0.29, 0.717) is 0 Å². The minimum absolute atomic E-state index is 0.880. The maximum atomic E-state index is 6.41. The molecule has 10 aromatic carbocycles. The topological polar surface area (TPSA) is 21.3 Å². The van der Waals surface area contributed by atoms with E-state index in [0.717, 1.165) is 55.8 Å². The summed E-state index contributed by atoms with van der Waals surface area (Å²) >= 11 is 0. The molecule has 0 atom stereocenters. The third-order valence-electron chi connectivity index (χ3n) is 12.0. The normalized spacial score (nSPS) is 11.7. The van der Waals surface area contributed by atoms with E-state index in [1.54, 1.807) is 0 Å². The van der Waals surface area contributed by atoms with Gasteiger partial charge in [-0.1, -0.05) is 146 Å². The van der Waals surface area contributed by atoms with Crippen LogP contribution in [-0.2, 0) is 0 Å². The van der Waals surface area contributed by atoms with Gasteiger partial charge in [-0.25, -0.2) is 0 Å². The van der Waals surface area contributed by atoms with Crippen molar-refractivity contribution < 1.29 is 4.42 Å². The summed E-state index contributed by atoms with van der Waals surface area (Å²) in [4.78, 5) is 2.40. The summed E-state index contributed by atoms with van der Waals surface area (Å²) in [7, 11) is 0. The Hall–Kier alpha value is -7.88. The van der Waals surface area contributed by atoms with Gasteiger partial charge in [-0.2, -0.15) is 0 Å². The molecule has 3 heteroatoms.